The molecule has 1 rings (SSSR count). The molecular weight excluding hydrogens is 224 g/mol. The van der Waals surface area contributed by atoms with Crippen molar-refractivity contribution in [2.45, 2.75) is 77.7 Å². The van der Waals surface area contributed by atoms with Crippen LogP contribution in [0.3, 0.4) is 0 Å². The molecule has 0 unspecified atom stereocenters. The maximum Gasteiger partial charge on any atom is 0.129 e. The Morgan fingerprint density at radius 3 is 2.11 bits per heavy atom. The number of rotatable bonds is 11. The largest absolute Gasteiger partial charge is 0.467 e. The summed E-state index contributed by atoms with van der Waals surface area (Å²) < 4.78 is 5.20. The number of aliphatic hydroxyl groups excluding tert-OH is 1. The van der Waals surface area contributed by atoms with Crippen LogP contribution in [0.1, 0.15) is 76.0 Å². The molecule has 18 heavy (non-hydrogen) atoms. The maximum absolute atomic E-state index is 8.89. The fourth-order valence-corrected chi connectivity index (χ4v) is 2.28. The molecule has 2 nitrogen and oxygen atoms in total. The van der Waals surface area contributed by atoms with Crippen molar-refractivity contribution in [1.29, 1.82) is 0 Å². The summed E-state index contributed by atoms with van der Waals surface area (Å²) >= 11 is 0. The van der Waals surface area contributed by atoms with Gasteiger partial charge in [0.2, 0.25) is 0 Å². The zero-order valence-corrected chi connectivity index (χ0v) is 11.8. The summed E-state index contributed by atoms with van der Waals surface area (Å²) in [5.41, 5.74) is 1.22. The first-order valence-electron chi connectivity index (χ1n) is 7.54. The summed E-state index contributed by atoms with van der Waals surface area (Å²) in [6, 6.07) is 1.96. The van der Waals surface area contributed by atoms with E-state index in [-0.39, 0.29) is 6.61 Å². The Morgan fingerprint density at radius 2 is 1.56 bits per heavy atom. The summed E-state index contributed by atoms with van der Waals surface area (Å²) in [7, 11) is 0. The molecule has 0 fully saturated rings. The number of hydrogen-bond donors (Lipinski definition) is 1. The molecule has 0 aromatic carbocycles. The maximum atomic E-state index is 8.89. The fraction of sp³-hybridized carbons (Fsp3) is 0.750. The highest BCUT2D eigenvalue weighted by Crippen LogP contribution is 2.13. The molecule has 0 spiro atoms. The minimum absolute atomic E-state index is 0.0117. The molecule has 104 valence electrons. The highest BCUT2D eigenvalue weighted by molar-refractivity contribution is 5.12. The van der Waals surface area contributed by atoms with E-state index in [4.69, 9.17) is 9.52 Å². The topological polar surface area (TPSA) is 33.4 Å². The van der Waals surface area contributed by atoms with E-state index in [9.17, 15) is 0 Å². The van der Waals surface area contributed by atoms with Crippen LogP contribution < -0.4 is 0 Å². The molecule has 1 heterocycles. The number of hydrogen-bond acceptors (Lipinski definition) is 2. The van der Waals surface area contributed by atoms with Crippen LogP contribution in [0.5, 0.6) is 0 Å². The van der Waals surface area contributed by atoms with Crippen LogP contribution in [0, 0.1) is 0 Å². The molecule has 1 aromatic heterocycles. The van der Waals surface area contributed by atoms with Gasteiger partial charge in [-0.25, -0.2) is 0 Å². The van der Waals surface area contributed by atoms with Crippen molar-refractivity contribution < 1.29 is 9.52 Å². The molecule has 0 aliphatic heterocycles. The Labute approximate surface area is 111 Å². The number of furan rings is 1. The van der Waals surface area contributed by atoms with E-state index in [1.165, 1.54) is 63.4 Å². The van der Waals surface area contributed by atoms with Gasteiger partial charge < -0.3 is 9.52 Å². The van der Waals surface area contributed by atoms with E-state index >= 15 is 0 Å². The summed E-state index contributed by atoms with van der Waals surface area (Å²) in [6.07, 6.45) is 15.1. The van der Waals surface area contributed by atoms with Gasteiger partial charge in [-0.2, -0.15) is 0 Å². The van der Waals surface area contributed by atoms with Crippen LogP contribution in [0.2, 0.25) is 0 Å². The lowest BCUT2D eigenvalue weighted by Gasteiger charge is -2.01. The van der Waals surface area contributed by atoms with Gasteiger partial charge in [-0.15, -0.1) is 0 Å². The Bertz CT molecular complexity index is 291. The molecule has 0 radical (unpaired) electrons. The lowest BCUT2D eigenvalue weighted by Crippen LogP contribution is -1.85. The summed E-state index contributed by atoms with van der Waals surface area (Å²) in [6.45, 7) is 2.27. The Morgan fingerprint density at radius 1 is 0.944 bits per heavy atom. The Hall–Kier alpha value is -0.760. The summed E-state index contributed by atoms with van der Waals surface area (Å²) in [4.78, 5) is 0. The van der Waals surface area contributed by atoms with Crippen LogP contribution in [0.4, 0.5) is 0 Å². The number of aryl methyl sites for hydroxylation is 1. The zero-order valence-electron chi connectivity index (χ0n) is 11.8. The van der Waals surface area contributed by atoms with Crippen molar-refractivity contribution in [3.63, 3.8) is 0 Å². The van der Waals surface area contributed by atoms with Gasteiger partial charge in [-0.1, -0.05) is 58.3 Å². The molecule has 0 amide bonds. The van der Waals surface area contributed by atoms with Crippen molar-refractivity contribution in [1.82, 2.24) is 0 Å². The average Bonchev–Trinajstić information content (AvgIpc) is 2.85. The minimum atomic E-state index is 0.0117. The van der Waals surface area contributed by atoms with E-state index in [0.717, 1.165) is 6.42 Å². The first-order chi connectivity index (χ1) is 8.86. The van der Waals surface area contributed by atoms with Crippen LogP contribution >= 0.6 is 0 Å². The van der Waals surface area contributed by atoms with Gasteiger partial charge in [0.05, 0.1) is 6.26 Å². The quantitative estimate of drug-likeness (QED) is 0.571. The lowest BCUT2D eigenvalue weighted by molar-refractivity contribution is 0.247. The second-order valence-electron chi connectivity index (χ2n) is 5.16. The second kappa shape index (κ2) is 10.2. The van der Waals surface area contributed by atoms with Crippen molar-refractivity contribution >= 4 is 0 Å². The van der Waals surface area contributed by atoms with Gasteiger partial charge in [0.15, 0.2) is 0 Å². The number of aliphatic hydroxyl groups is 1. The molecule has 0 aliphatic carbocycles. The van der Waals surface area contributed by atoms with E-state index in [2.05, 4.69) is 6.92 Å². The summed E-state index contributed by atoms with van der Waals surface area (Å²) in [5, 5.41) is 8.89. The van der Waals surface area contributed by atoms with Gasteiger partial charge in [0.25, 0.3) is 0 Å². The molecule has 1 N–H and O–H groups in total. The first-order valence-corrected chi connectivity index (χ1v) is 7.54. The smallest absolute Gasteiger partial charge is 0.129 e. The highest BCUT2D eigenvalue weighted by Gasteiger charge is 2.00. The van der Waals surface area contributed by atoms with Gasteiger partial charge in [0.1, 0.15) is 12.4 Å². The fourth-order valence-electron chi connectivity index (χ4n) is 2.28. The predicted octanol–water partition coefficient (Wildman–Crippen LogP) is 4.85. The van der Waals surface area contributed by atoms with Crippen LogP contribution in [-0.2, 0) is 13.0 Å². The molecule has 1 aromatic rings. The van der Waals surface area contributed by atoms with Crippen molar-refractivity contribution in [3.05, 3.63) is 23.7 Å². The monoisotopic (exact) mass is 252 g/mol. The molecule has 2 heteroatoms. The summed E-state index contributed by atoms with van der Waals surface area (Å²) in [5.74, 6) is 0.681. The van der Waals surface area contributed by atoms with E-state index in [1.807, 2.05) is 6.07 Å². The second-order valence-corrected chi connectivity index (χ2v) is 5.16. The minimum Gasteiger partial charge on any atom is -0.467 e. The lowest BCUT2D eigenvalue weighted by atomic mass is 10.1. The van der Waals surface area contributed by atoms with Crippen LogP contribution in [0.25, 0.3) is 0 Å². The highest BCUT2D eigenvalue weighted by atomic mass is 16.4. The average molecular weight is 252 g/mol. The third-order valence-corrected chi connectivity index (χ3v) is 3.43. The van der Waals surface area contributed by atoms with E-state index in [1.54, 1.807) is 6.26 Å². The third-order valence-electron chi connectivity index (χ3n) is 3.43. The van der Waals surface area contributed by atoms with Crippen molar-refractivity contribution in [2.24, 2.45) is 0 Å². The molecule has 0 saturated carbocycles. The molecule has 0 saturated heterocycles. The first kappa shape index (κ1) is 15.3. The predicted molar refractivity (Wildman–Crippen MR) is 75.6 cm³/mol. The van der Waals surface area contributed by atoms with E-state index in [0.29, 0.717) is 5.76 Å². The van der Waals surface area contributed by atoms with Gasteiger partial charge in [-0.05, 0) is 24.5 Å². The van der Waals surface area contributed by atoms with E-state index < -0.39 is 0 Å². The molecule has 0 aliphatic rings. The van der Waals surface area contributed by atoms with Crippen LogP contribution in [0.15, 0.2) is 16.7 Å². The molecule has 0 bridgehead atoms. The standard InChI is InChI=1S/C16H28O2/c1-2-3-4-5-6-7-8-9-10-11-15-12-16(13-17)18-14-15/h12,14,17H,2-11,13H2,1H3. The third kappa shape index (κ3) is 6.85. The Kier molecular flexibility index (Phi) is 8.66. The van der Waals surface area contributed by atoms with Crippen LogP contribution in [-0.4, -0.2) is 5.11 Å². The molecular formula is C16H28O2. The van der Waals surface area contributed by atoms with Crippen molar-refractivity contribution in [3.8, 4) is 0 Å². The van der Waals surface area contributed by atoms with Gasteiger partial charge >= 0.3 is 0 Å². The normalized spacial score (nSPS) is 11.0. The zero-order chi connectivity index (χ0) is 13.1. The van der Waals surface area contributed by atoms with Crippen molar-refractivity contribution in [2.75, 3.05) is 0 Å². The Balaban J connectivity index is 1.89. The number of unbranched alkanes of at least 4 members (excludes halogenated alkanes) is 8. The van der Waals surface area contributed by atoms with Gasteiger partial charge in [0, 0.05) is 0 Å². The SMILES string of the molecule is CCCCCCCCCCCc1coc(CO)c1. The van der Waals surface area contributed by atoms with Gasteiger partial charge in [-0.3, -0.25) is 0 Å². The molecule has 0 atom stereocenters.